The summed E-state index contributed by atoms with van der Waals surface area (Å²) >= 11 is 0. The van der Waals surface area contributed by atoms with Gasteiger partial charge in [-0.1, -0.05) is 67.5 Å². The third-order valence-electron chi connectivity index (χ3n) is 10.1. The predicted octanol–water partition coefficient (Wildman–Crippen LogP) is 6.50. The summed E-state index contributed by atoms with van der Waals surface area (Å²) in [7, 11) is 0. The standard InChI is InChI=1S/C32H40N4O4/c1-15(2)31(16(3)4)37-22-13-35-20-11-9-19-10-12-21-26(24(19)25(20)33-29(35)27(22)39-31)34-30-28-23(14-36(21)30)38-32(40-28,17(5)6)18(7)8/h9-12,15-18,22-23,27-28H,13-14H2,1-8H3/t22-,23-,27-,28-/m1/s1. The van der Waals surface area contributed by atoms with E-state index in [2.05, 4.69) is 88.8 Å². The van der Waals surface area contributed by atoms with Crippen LogP contribution in [0.2, 0.25) is 0 Å². The van der Waals surface area contributed by atoms with Crippen LogP contribution in [0.25, 0.3) is 32.8 Å². The number of fused-ring (bicyclic) bond motifs is 13. The minimum Gasteiger partial charge on any atom is -0.341 e. The number of imidazole rings is 2. The van der Waals surface area contributed by atoms with Crippen molar-refractivity contribution in [3.63, 3.8) is 0 Å². The van der Waals surface area contributed by atoms with Crippen LogP contribution < -0.4 is 0 Å². The molecule has 8 heteroatoms. The number of ether oxygens (including phenoxy) is 4. The Morgan fingerprint density at radius 1 is 0.625 bits per heavy atom. The van der Waals surface area contributed by atoms with Gasteiger partial charge in [0.2, 0.25) is 0 Å². The van der Waals surface area contributed by atoms with Crippen LogP contribution in [0, 0.1) is 23.7 Å². The van der Waals surface area contributed by atoms with Crippen molar-refractivity contribution < 1.29 is 18.9 Å². The molecule has 212 valence electrons. The van der Waals surface area contributed by atoms with E-state index >= 15 is 0 Å². The summed E-state index contributed by atoms with van der Waals surface area (Å²) < 4.78 is 31.4. The van der Waals surface area contributed by atoms with E-state index in [1.54, 1.807) is 0 Å². The van der Waals surface area contributed by atoms with Crippen LogP contribution in [0.4, 0.5) is 0 Å². The number of nitrogens with zero attached hydrogens (tertiary/aromatic N) is 4. The molecule has 0 bridgehead atoms. The fourth-order valence-corrected chi connectivity index (χ4v) is 8.12. The molecule has 8 nitrogen and oxygen atoms in total. The van der Waals surface area contributed by atoms with Crippen LogP contribution >= 0.6 is 0 Å². The third kappa shape index (κ3) is 2.95. The van der Waals surface area contributed by atoms with E-state index in [0.29, 0.717) is 0 Å². The van der Waals surface area contributed by atoms with Crippen molar-refractivity contribution in [2.45, 2.75) is 104 Å². The van der Waals surface area contributed by atoms with Gasteiger partial charge in [0, 0.05) is 29.1 Å². The molecular weight excluding hydrogens is 504 g/mol. The number of aromatic nitrogens is 4. The van der Waals surface area contributed by atoms with Crippen molar-refractivity contribution in [1.82, 2.24) is 19.1 Å². The molecule has 0 unspecified atom stereocenters. The van der Waals surface area contributed by atoms with Crippen LogP contribution in [0.1, 0.15) is 79.2 Å². The summed E-state index contributed by atoms with van der Waals surface area (Å²) in [6.07, 6.45) is -0.358. The second kappa shape index (κ2) is 8.06. The summed E-state index contributed by atoms with van der Waals surface area (Å²) in [5.74, 6) is 1.76. The topological polar surface area (TPSA) is 72.6 Å². The van der Waals surface area contributed by atoms with Crippen LogP contribution in [-0.2, 0) is 32.0 Å². The van der Waals surface area contributed by atoms with Crippen molar-refractivity contribution in [3.8, 4) is 0 Å². The van der Waals surface area contributed by atoms with Gasteiger partial charge in [-0.05, 0) is 17.5 Å². The molecule has 0 spiro atoms. The second-order valence-corrected chi connectivity index (χ2v) is 13.6. The molecule has 4 aliphatic heterocycles. The van der Waals surface area contributed by atoms with Crippen LogP contribution in [-0.4, -0.2) is 42.9 Å². The normalized spacial score (nSPS) is 28.2. The summed E-state index contributed by atoms with van der Waals surface area (Å²) in [6, 6.07) is 8.76. The Hall–Kier alpha value is -2.52. The number of benzene rings is 2. The maximum absolute atomic E-state index is 6.75. The average molecular weight is 545 g/mol. The molecule has 0 saturated carbocycles. The van der Waals surface area contributed by atoms with E-state index in [1.807, 2.05) is 0 Å². The molecule has 0 aliphatic carbocycles. The Bertz CT molecular complexity index is 1550. The Morgan fingerprint density at radius 2 is 1.02 bits per heavy atom. The zero-order valence-corrected chi connectivity index (χ0v) is 24.8. The van der Waals surface area contributed by atoms with Crippen molar-refractivity contribution in [2.75, 3.05) is 0 Å². The molecule has 0 N–H and O–H groups in total. The van der Waals surface area contributed by atoms with E-state index in [1.165, 1.54) is 0 Å². The predicted molar refractivity (Wildman–Crippen MR) is 153 cm³/mol. The van der Waals surface area contributed by atoms with E-state index in [9.17, 15) is 0 Å². The average Bonchev–Trinajstić information content (AvgIpc) is 3.69. The Labute approximate surface area is 234 Å². The quantitative estimate of drug-likeness (QED) is 0.292. The Morgan fingerprint density at radius 3 is 1.40 bits per heavy atom. The van der Waals surface area contributed by atoms with Crippen LogP contribution in [0.5, 0.6) is 0 Å². The molecule has 4 atom stereocenters. The highest BCUT2D eigenvalue weighted by Gasteiger charge is 2.57. The lowest BCUT2D eigenvalue weighted by Crippen LogP contribution is -2.43. The van der Waals surface area contributed by atoms with Gasteiger partial charge in [-0.15, -0.1) is 0 Å². The van der Waals surface area contributed by atoms with Crippen molar-refractivity contribution in [3.05, 3.63) is 35.9 Å². The van der Waals surface area contributed by atoms with Crippen LogP contribution in [0.15, 0.2) is 24.3 Å². The van der Waals surface area contributed by atoms with Gasteiger partial charge in [0.05, 0.1) is 35.2 Å². The molecule has 2 aromatic heterocycles. The third-order valence-corrected chi connectivity index (χ3v) is 10.1. The molecule has 2 fully saturated rings. The van der Waals surface area contributed by atoms with Gasteiger partial charge in [0.15, 0.2) is 11.6 Å². The van der Waals surface area contributed by atoms with Gasteiger partial charge in [-0.25, -0.2) is 9.97 Å². The first kappa shape index (κ1) is 25.2. The van der Waals surface area contributed by atoms with Crippen LogP contribution in [0.3, 0.4) is 0 Å². The Kier molecular flexibility index (Phi) is 5.08. The fourth-order valence-electron chi connectivity index (χ4n) is 8.12. The molecule has 2 aromatic carbocycles. The molecule has 4 aliphatic rings. The van der Waals surface area contributed by atoms with Gasteiger partial charge in [0.1, 0.15) is 36.1 Å². The minimum absolute atomic E-state index is 0.0155. The molecule has 0 radical (unpaired) electrons. The minimum atomic E-state index is -0.584. The van der Waals surface area contributed by atoms with E-state index in [4.69, 9.17) is 28.9 Å². The summed E-state index contributed by atoms with van der Waals surface area (Å²) in [5, 5.41) is 2.24. The maximum Gasteiger partial charge on any atom is 0.174 e. The molecular formula is C32H40N4O4. The molecule has 6 heterocycles. The summed E-state index contributed by atoms with van der Waals surface area (Å²) in [5.41, 5.74) is 4.20. The zero-order valence-electron chi connectivity index (χ0n) is 24.8. The van der Waals surface area contributed by atoms with Gasteiger partial charge in [-0.2, -0.15) is 0 Å². The van der Waals surface area contributed by atoms with Crippen molar-refractivity contribution >= 4 is 32.8 Å². The number of hydrogen-bond donors (Lipinski definition) is 0. The van der Waals surface area contributed by atoms with Gasteiger partial charge >= 0.3 is 0 Å². The highest BCUT2D eigenvalue weighted by Crippen LogP contribution is 2.52. The summed E-state index contributed by atoms with van der Waals surface area (Å²) in [4.78, 5) is 10.5. The molecule has 2 saturated heterocycles. The lowest BCUT2D eigenvalue weighted by Gasteiger charge is -2.36. The van der Waals surface area contributed by atoms with Crippen molar-refractivity contribution in [1.29, 1.82) is 0 Å². The molecule has 0 amide bonds. The molecule has 4 aromatic rings. The maximum atomic E-state index is 6.75. The number of rotatable bonds is 4. The lowest BCUT2D eigenvalue weighted by atomic mass is 9.91. The lowest BCUT2D eigenvalue weighted by molar-refractivity contribution is -0.236. The molecule has 40 heavy (non-hydrogen) atoms. The van der Waals surface area contributed by atoms with Crippen molar-refractivity contribution in [2.24, 2.45) is 23.7 Å². The molecule has 8 rings (SSSR count). The van der Waals surface area contributed by atoms with Gasteiger partial charge in [0.25, 0.3) is 0 Å². The van der Waals surface area contributed by atoms with E-state index in [0.717, 1.165) is 57.6 Å². The van der Waals surface area contributed by atoms with Gasteiger partial charge in [-0.3, -0.25) is 0 Å². The fraction of sp³-hybridized carbons (Fsp3) is 0.625. The largest absolute Gasteiger partial charge is 0.341 e. The van der Waals surface area contributed by atoms with Gasteiger partial charge < -0.3 is 28.1 Å². The highest BCUT2D eigenvalue weighted by atomic mass is 16.8. The smallest absolute Gasteiger partial charge is 0.174 e. The number of hydrogen-bond acceptors (Lipinski definition) is 6. The first-order valence-electron chi connectivity index (χ1n) is 15.1. The highest BCUT2D eigenvalue weighted by molar-refractivity contribution is 6.16. The zero-order chi connectivity index (χ0) is 27.9. The van der Waals surface area contributed by atoms with E-state index < -0.39 is 11.6 Å². The second-order valence-electron chi connectivity index (χ2n) is 13.6. The monoisotopic (exact) mass is 544 g/mol. The first-order valence-corrected chi connectivity index (χ1v) is 15.1. The first-order chi connectivity index (χ1) is 19.1. The van der Waals surface area contributed by atoms with E-state index in [-0.39, 0.29) is 48.1 Å². The SMILES string of the molecule is CC(C)C1(C(C)C)O[C@@H]2Cn3c(nc4c5c(ccc43)ccc3c5nc4n3C[C@H]3OC(C(C)C)(C(C)C)O[C@@H]43)[C@@H]2O1. The summed E-state index contributed by atoms with van der Waals surface area (Å²) in [6.45, 7) is 19.0. The Balaban J connectivity index is 1.25.